The number of carboxylic acids is 1. The molecule has 2 aromatic rings. The molecule has 2 heterocycles. The number of aromatic nitrogens is 1. The summed E-state index contributed by atoms with van der Waals surface area (Å²) in [7, 11) is 0. The summed E-state index contributed by atoms with van der Waals surface area (Å²) in [4.78, 5) is 51.0. The van der Waals surface area contributed by atoms with Gasteiger partial charge in [-0.15, -0.1) is 0 Å². The molecule has 39 heavy (non-hydrogen) atoms. The summed E-state index contributed by atoms with van der Waals surface area (Å²) in [6.07, 6.45) is -1.36. The predicted molar refractivity (Wildman–Crippen MR) is 138 cm³/mol. The Labute approximate surface area is 222 Å². The highest BCUT2D eigenvalue weighted by molar-refractivity contribution is 6.34. The summed E-state index contributed by atoms with van der Waals surface area (Å²) in [5.74, 6) is -3.52. The number of aromatic amines is 1. The smallest absolute Gasteiger partial charge is 0.328 e. The molecular formula is C26H31FN4O8. The van der Waals surface area contributed by atoms with Gasteiger partial charge in [0.05, 0.1) is 36.4 Å². The second-order valence-corrected chi connectivity index (χ2v) is 9.30. The van der Waals surface area contributed by atoms with Crippen molar-refractivity contribution in [2.75, 3.05) is 18.5 Å². The fraction of sp³-hybridized carbons (Fsp3) is 0.385. The number of amides is 3. The zero-order valence-corrected chi connectivity index (χ0v) is 21.4. The summed E-state index contributed by atoms with van der Waals surface area (Å²) < 4.78 is 13.7. The number of hydrogen-bond acceptors (Lipinski definition) is 7. The summed E-state index contributed by atoms with van der Waals surface area (Å²) in [5, 5.41) is 45.4. The molecule has 0 saturated carbocycles. The Bertz CT molecular complexity index is 1310. The molecule has 1 aliphatic rings. The molecule has 0 saturated heterocycles. The fourth-order valence-corrected chi connectivity index (χ4v) is 4.32. The van der Waals surface area contributed by atoms with Crippen LogP contribution in [0, 0.1) is 19.7 Å². The first-order valence-electron chi connectivity index (χ1n) is 12.2. The van der Waals surface area contributed by atoms with Gasteiger partial charge in [0.2, 0.25) is 5.91 Å². The number of aliphatic hydroxyl groups excluding tert-OH is 3. The molecule has 1 aromatic carbocycles. The number of carboxylic acid groups (broad SMARTS) is 1. The van der Waals surface area contributed by atoms with Crippen molar-refractivity contribution in [2.45, 2.75) is 51.4 Å². The summed E-state index contributed by atoms with van der Waals surface area (Å²) in [5.41, 5.74) is 3.13. The second-order valence-electron chi connectivity index (χ2n) is 9.30. The Morgan fingerprint density at radius 3 is 2.54 bits per heavy atom. The molecule has 1 aliphatic heterocycles. The largest absolute Gasteiger partial charge is 0.480 e. The van der Waals surface area contributed by atoms with Crippen LogP contribution in [-0.4, -0.2) is 80.5 Å². The van der Waals surface area contributed by atoms with E-state index in [1.54, 1.807) is 19.9 Å². The molecule has 1 unspecified atom stereocenters. The van der Waals surface area contributed by atoms with E-state index in [1.165, 1.54) is 18.2 Å². The van der Waals surface area contributed by atoms with E-state index >= 15 is 0 Å². The molecule has 0 spiro atoms. The topological polar surface area (TPSA) is 201 Å². The first-order chi connectivity index (χ1) is 18.4. The van der Waals surface area contributed by atoms with Crippen molar-refractivity contribution in [3.63, 3.8) is 0 Å². The van der Waals surface area contributed by atoms with Gasteiger partial charge in [-0.05, 0) is 56.5 Å². The van der Waals surface area contributed by atoms with Gasteiger partial charge in [-0.3, -0.25) is 14.4 Å². The van der Waals surface area contributed by atoms with Gasteiger partial charge < -0.3 is 41.4 Å². The van der Waals surface area contributed by atoms with E-state index in [9.17, 15) is 33.8 Å². The summed E-state index contributed by atoms with van der Waals surface area (Å²) >= 11 is 0. The minimum atomic E-state index is -1.49. The number of nitrogens with one attached hydrogen (secondary N) is 4. The molecule has 8 N–H and O–H groups in total. The maximum Gasteiger partial charge on any atom is 0.328 e. The minimum absolute atomic E-state index is 0.0556. The maximum atomic E-state index is 13.7. The lowest BCUT2D eigenvalue weighted by Crippen LogP contribution is -2.44. The van der Waals surface area contributed by atoms with Crippen LogP contribution in [0.3, 0.4) is 0 Å². The molecule has 3 amide bonds. The normalized spacial score (nSPS) is 15.8. The third-order valence-electron chi connectivity index (χ3n) is 6.30. The SMILES string of the molecule is Cc1[nH]c(/C=C2\C(=O)Nc3ccc(F)cc32)c(C)c1C(=O)NCC[C@@H](O)C[C@@H](O)CC(=O)NC(CO)C(=O)O. The van der Waals surface area contributed by atoms with Crippen LogP contribution in [0.15, 0.2) is 18.2 Å². The number of benzene rings is 1. The van der Waals surface area contributed by atoms with Gasteiger partial charge in [-0.2, -0.15) is 0 Å². The number of carbonyl (C=O) groups is 4. The van der Waals surface area contributed by atoms with Crippen LogP contribution in [0.25, 0.3) is 11.6 Å². The molecule has 0 bridgehead atoms. The molecule has 0 radical (unpaired) electrons. The van der Waals surface area contributed by atoms with Crippen molar-refractivity contribution in [3.05, 3.63) is 52.1 Å². The average Bonchev–Trinajstić information content (AvgIpc) is 3.31. The number of halogens is 1. The van der Waals surface area contributed by atoms with E-state index in [0.717, 1.165) is 0 Å². The van der Waals surface area contributed by atoms with Crippen LogP contribution in [0.1, 0.15) is 52.1 Å². The standard InChI is InChI=1S/C26H31FN4O8/c1-12-20(10-18-17-7-14(27)3-4-19(17)31-24(18)36)29-13(2)23(12)25(37)28-6-5-15(33)8-16(34)9-22(35)30-21(11-32)26(38)39/h3-4,7,10,15-16,21,29,32-34H,5-6,8-9,11H2,1-2H3,(H,28,37)(H,30,35)(H,31,36)(H,38,39)/b18-10-/t15-,16-,21?/m1/s1. The van der Waals surface area contributed by atoms with Crippen LogP contribution >= 0.6 is 0 Å². The number of aryl methyl sites for hydroxylation is 1. The third-order valence-corrected chi connectivity index (χ3v) is 6.30. The Balaban J connectivity index is 1.55. The van der Waals surface area contributed by atoms with Gasteiger partial charge >= 0.3 is 5.97 Å². The van der Waals surface area contributed by atoms with Crippen molar-refractivity contribution in [1.82, 2.24) is 15.6 Å². The van der Waals surface area contributed by atoms with Gasteiger partial charge in [-0.25, -0.2) is 9.18 Å². The number of anilines is 1. The van der Waals surface area contributed by atoms with Crippen LogP contribution in [-0.2, 0) is 14.4 Å². The Hall–Kier alpha value is -4.07. The molecule has 3 atom stereocenters. The number of aliphatic carboxylic acids is 1. The molecule has 0 fully saturated rings. The minimum Gasteiger partial charge on any atom is -0.480 e. The number of H-pyrrole nitrogens is 1. The average molecular weight is 547 g/mol. The van der Waals surface area contributed by atoms with E-state index in [1.807, 2.05) is 0 Å². The van der Waals surface area contributed by atoms with Crippen LogP contribution in [0.4, 0.5) is 10.1 Å². The number of fused-ring (bicyclic) bond motifs is 1. The molecule has 13 heteroatoms. The van der Waals surface area contributed by atoms with Gasteiger partial charge in [0.15, 0.2) is 0 Å². The quantitative estimate of drug-likeness (QED) is 0.175. The molecule has 12 nitrogen and oxygen atoms in total. The van der Waals surface area contributed by atoms with Crippen molar-refractivity contribution in [2.24, 2.45) is 0 Å². The van der Waals surface area contributed by atoms with Crippen LogP contribution in [0.5, 0.6) is 0 Å². The summed E-state index contributed by atoms with van der Waals surface area (Å²) in [6, 6.07) is 2.49. The first kappa shape index (κ1) is 29.5. The van der Waals surface area contributed by atoms with E-state index in [4.69, 9.17) is 10.2 Å². The number of rotatable bonds is 12. The number of carbonyl (C=O) groups excluding carboxylic acids is 3. The van der Waals surface area contributed by atoms with E-state index in [0.29, 0.717) is 33.8 Å². The highest BCUT2D eigenvalue weighted by atomic mass is 19.1. The Morgan fingerprint density at radius 1 is 1.15 bits per heavy atom. The van der Waals surface area contributed by atoms with Crippen LogP contribution < -0.4 is 16.0 Å². The first-order valence-corrected chi connectivity index (χ1v) is 12.2. The van der Waals surface area contributed by atoms with E-state index < -0.39 is 60.8 Å². The number of hydrogen-bond donors (Lipinski definition) is 8. The maximum absolute atomic E-state index is 13.7. The molecule has 210 valence electrons. The van der Waals surface area contributed by atoms with Gasteiger partial charge in [0.1, 0.15) is 11.9 Å². The highest BCUT2D eigenvalue weighted by Crippen LogP contribution is 2.34. The monoisotopic (exact) mass is 546 g/mol. The predicted octanol–water partition coefficient (Wildman–Crippen LogP) is 0.447. The van der Waals surface area contributed by atoms with Crippen LogP contribution in [0.2, 0.25) is 0 Å². The lowest BCUT2D eigenvalue weighted by Gasteiger charge is -2.17. The Kier molecular flexibility index (Phi) is 9.56. The molecule has 3 rings (SSSR count). The lowest BCUT2D eigenvalue weighted by molar-refractivity contribution is -0.143. The molecule has 0 aliphatic carbocycles. The second kappa shape index (κ2) is 12.7. The van der Waals surface area contributed by atoms with E-state index in [-0.39, 0.29) is 25.0 Å². The highest BCUT2D eigenvalue weighted by Gasteiger charge is 2.26. The van der Waals surface area contributed by atoms with Gasteiger partial charge in [0.25, 0.3) is 11.8 Å². The zero-order chi connectivity index (χ0) is 28.9. The van der Waals surface area contributed by atoms with Crippen molar-refractivity contribution in [3.8, 4) is 0 Å². The van der Waals surface area contributed by atoms with Crippen molar-refractivity contribution >= 4 is 41.0 Å². The third kappa shape index (κ3) is 7.28. The summed E-state index contributed by atoms with van der Waals surface area (Å²) in [6.45, 7) is 2.64. The Morgan fingerprint density at radius 2 is 1.87 bits per heavy atom. The fourth-order valence-electron chi connectivity index (χ4n) is 4.32. The molecule has 1 aromatic heterocycles. The van der Waals surface area contributed by atoms with E-state index in [2.05, 4.69) is 20.9 Å². The number of aliphatic hydroxyl groups is 3. The van der Waals surface area contributed by atoms with Gasteiger partial charge in [0, 0.05) is 29.2 Å². The van der Waals surface area contributed by atoms with Crippen molar-refractivity contribution in [1.29, 1.82) is 0 Å². The van der Waals surface area contributed by atoms with Gasteiger partial charge in [-0.1, -0.05) is 0 Å². The lowest BCUT2D eigenvalue weighted by atomic mass is 10.0. The van der Waals surface area contributed by atoms with Crippen molar-refractivity contribution < 1.29 is 44.0 Å². The molecular weight excluding hydrogens is 515 g/mol. The zero-order valence-electron chi connectivity index (χ0n) is 21.4.